The lowest BCUT2D eigenvalue weighted by Gasteiger charge is -2.23. The Morgan fingerprint density at radius 3 is 1.88 bits per heavy atom. The molecule has 0 saturated carbocycles. The van der Waals surface area contributed by atoms with Crippen molar-refractivity contribution in [2.24, 2.45) is 10.4 Å². The molecule has 0 aliphatic carbocycles. The lowest BCUT2D eigenvalue weighted by atomic mass is 9.90. The van der Waals surface area contributed by atoms with Crippen LogP contribution in [-0.2, 0) is 9.53 Å². The van der Waals surface area contributed by atoms with Crippen LogP contribution in [-0.4, -0.2) is 24.3 Å². The Kier molecular flexibility index (Phi) is 6.51. The summed E-state index contributed by atoms with van der Waals surface area (Å²) in [6, 6.07) is 19.8. The van der Waals surface area contributed by atoms with E-state index >= 15 is 0 Å². The van der Waals surface area contributed by atoms with E-state index < -0.39 is 0 Å². The second-order valence-corrected chi connectivity index (χ2v) is 7.46. The molecule has 0 fully saturated rings. The fourth-order valence-corrected chi connectivity index (χ4v) is 2.85. The zero-order valence-electron chi connectivity index (χ0n) is 15.5. The van der Waals surface area contributed by atoms with Crippen LogP contribution >= 0.6 is 0 Å². The Labute approximate surface area is 150 Å². The van der Waals surface area contributed by atoms with Crippen LogP contribution in [0.1, 0.15) is 45.2 Å². The minimum absolute atomic E-state index is 0.0214. The summed E-state index contributed by atoms with van der Waals surface area (Å²) in [7, 11) is 0. The van der Waals surface area contributed by atoms with Crippen molar-refractivity contribution in [3.05, 3.63) is 71.8 Å². The van der Waals surface area contributed by atoms with Crippen molar-refractivity contribution in [3.8, 4) is 0 Å². The van der Waals surface area contributed by atoms with Crippen LogP contribution in [0, 0.1) is 5.41 Å². The van der Waals surface area contributed by atoms with E-state index in [2.05, 4.69) is 25.8 Å². The zero-order chi connectivity index (χ0) is 18.3. The monoisotopic (exact) mass is 337 g/mol. The Hall–Kier alpha value is -2.42. The van der Waals surface area contributed by atoms with Crippen LogP contribution in [0.3, 0.4) is 0 Å². The SMILES string of the molecule is CC(CC(C)(C)C)OC(=O)CN=C(c1ccccc1)c1ccccc1. The molecule has 132 valence electrons. The lowest BCUT2D eigenvalue weighted by Crippen LogP contribution is -2.23. The van der Waals surface area contributed by atoms with Crippen LogP contribution in [0.15, 0.2) is 65.7 Å². The highest BCUT2D eigenvalue weighted by Gasteiger charge is 2.18. The molecule has 0 aliphatic heterocycles. The summed E-state index contributed by atoms with van der Waals surface area (Å²) in [5, 5.41) is 0. The third kappa shape index (κ3) is 6.54. The molecule has 3 heteroatoms. The van der Waals surface area contributed by atoms with E-state index in [1.807, 2.05) is 67.6 Å². The summed E-state index contributed by atoms with van der Waals surface area (Å²) in [5.74, 6) is -0.291. The molecule has 2 aromatic carbocycles. The molecular formula is C22H27NO2. The van der Waals surface area contributed by atoms with Crippen LogP contribution in [0.2, 0.25) is 0 Å². The predicted molar refractivity (Wildman–Crippen MR) is 103 cm³/mol. The molecule has 0 saturated heterocycles. The van der Waals surface area contributed by atoms with E-state index in [-0.39, 0.29) is 24.0 Å². The normalized spacial score (nSPS) is 12.3. The van der Waals surface area contributed by atoms with Gasteiger partial charge in [-0.1, -0.05) is 81.4 Å². The molecule has 1 atom stereocenters. The average molecular weight is 337 g/mol. The molecule has 0 amide bonds. The van der Waals surface area contributed by atoms with Crippen LogP contribution < -0.4 is 0 Å². The first-order valence-electron chi connectivity index (χ1n) is 8.70. The van der Waals surface area contributed by atoms with E-state index in [0.29, 0.717) is 0 Å². The van der Waals surface area contributed by atoms with Crippen LogP contribution in [0.4, 0.5) is 0 Å². The number of ether oxygens (including phenoxy) is 1. The fourth-order valence-electron chi connectivity index (χ4n) is 2.85. The minimum Gasteiger partial charge on any atom is -0.461 e. The molecule has 2 rings (SSSR count). The fraction of sp³-hybridized carbons (Fsp3) is 0.364. The summed E-state index contributed by atoms with van der Waals surface area (Å²) >= 11 is 0. The highest BCUT2D eigenvalue weighted by atomic mass is 16.5. The third-order valence-corrected chi connectivity index (χ3v) is 3.69. The van der Waals surface area contributed by atoms with Crippen molar-refractivity contribution in [2.75, 3.05) is 6.54 Å². The van der Waals surface area contributed by atoms with Gasteiger partial charge in [0.15, 0.2) is 0 Å². The predicted octanol–water partition coefficient (Wildman–Crippen LogP) is 4.89. The van der Waals surface area contributed by atoms with Gasteiger partial charge in [0.25, 0.3) is 0 Å². The van der Waals surface area contributed by atoms with Gasteiger partial charge in [-0.3, -0.25) is 9.79 Å². The highest BCUT2D eigenvalue weighted by molar-refractivity contribution is 6.13. The van der Waals surface area contributed by atoms with E-state index in [0.717, 1.165) is 23.3 Å². The smallest absolute Gasteiger partial charge is 0.327 e. The van der Waals surface area contributed by atoms with E-state index in [1.165, 1.54) is 0 Å². The second kappa shape index (κ2) is 8.61. The van der Waals surface area contributed by atoms with E-state index in [1.54, 1.807) is 0 Å². The van der Waals surface area contributed by atoms with Crippen molar-refractivity contribution in [1.29, 1.82) is 0 Å². The molecule has 0 radical (unpaired) electrons. The van der Waals surface area contributed by atoms with Crippen molar-refractivity contribution in [1.82, 2.24) is 0 Å². The molecule has 25 heavy (non-hydrogen) atoms. The molecule has 0 heterocycles. The van der Waals surface area contributed by atoms with Crippen molar-refractivity contribution >= 4 is 11.7 Å². The van der Waals surface area contributed by atoms with Gasteiger partial charge in [0, 0.05) is 11.1 Å². The lowest BCUT2D eigenvalue weighted by molar-refractivity contribution is -0.147. The first-order chi connectivity index (χ1) is 11.8. The first-order valence-corrected chi connectivity index (χ1v) is 8.70. The first kappa shape index (κ1) is 18.9. The van der Waals surface area contributed by atoms with Gasteiger partial charge in [0.1, 0.15) is 6.54 Å². The summed E-state index contributed by atoms with van der Waals surface area (Å²) in [6.07, 6.45) is 0.715. The van der Waals surface area contributed by atoms with Crippen molar-refractivity contribution in [3.63, 3.8) is 0 Å². The molecule has 3 nitrogen and oxygen atoms in total. The van der Waals surface area contributed by atoms with E-state index in [9.17, 15) is 4.79 Å². The molecule has 0 aliphatic rings. The number of carbonyl (C=O) groups is 1. The largest absolute Gasteiger partial charge is 0.461 e. The number of carbonyl (C=O) groups excluding carboxylic acids is 1. The molecule has 0 aromatic heterocycles. The molecule has 2 aromatic rings. The van der Waals surface area contributed by atoms with E-state index in [4.69, 9.17) is 4.74 Å². The number of rotatable bonds is 6. The summed E-state index contributed by atoms with van der Waals surface area (Å²) < 4.78 is 5.50. The van der Waals surface area contributed by atoms with Gasteiger partial charge in [-0.2, -0.15) is 0 Å². The number of hydrogen-bond acceptors (Lipinski definition) is 3. The molecule has 0 spiro atoms. The number of esters is 1. The Morgan fingerprint density at radius 2 is 1.44 bits per heavy atom. The maximum Gasteiger partial charge on any atom is 0.327 e. The topological polar surface area (TPSA) is 38.7 Å². The molecule has 0 bridgehead atoms. The van der Waals surface area contributed by atoms with Gasteiger partial charge in [-0.05, 0) is 18.8 Å². The maximum atomic E-state index is 12.2. The molecular weight excluding hydrogens is 310 g/mol. The van der Waals surface area contributed by atoms with Crippen LogP contribution in [0.5, 0.6) is 0 Å². The number of aliphatic imine (C=N–C) groups is 1. The van der Waals surface area contributed by atoms with Gasteiger partial charge in [-0.25, -0.2) is 0 Å². The number of nitrogens with zero attached hydrogens (tertiary/aromatic N) is 1. The molecule has 0 N–H and O–H groups in total. The number of benzene rings is 2. The Bertz CT molecular complexity index is 658. The van der Waals surface area contributed by atoms with Gasteiger partial charge in [0.05, 0.1) is 11.8 Å². The second-order valence-electron chi connectivity index (χ2n) is 7.46. The van der Waals surface area contributed by atoms with Gasteiger partial charge in [0.2, 0.25) is 0 Å². The quantitative estimate of drug-likeness (QED) is 0.556. The van der Waals surface area contributed by atoms with Gasteiger partial charge >= 0.3 is 5.97 Å². The van der Waals surface area contributed by atoms with Crippen molar-refractivity contribution < 1.29 is 9.53 Å². The van der Waals surface area contributed by atoms with Crippen LogP contribution in [0.25, 0.3) is 0 Å². The Balaban J connectivity index is 2.12. The van der Waals surface area contributed by atoms with Gasteiger partial charge in [-0.15, -0.1) is 0 Å². The van der Waals surface area contributed by atoms with Crippen molar-refractivity contribution in [2.45, 2.75) is 40.2 Å². The standard InChI is InChI=1S/C22H27NO2/c1-17(15-22(2,3)4)25-20(24)16-23-21(18-11-7-5-8-12-18)19-13-9-6-10-14-19/h5-14,17H,15-16H2,1-4H3. The third-order valence-electron chi connectivity index (χ3n) is 3.69. The summed E-state index contributed by atoms with van der Waals surface area (Å²) in [5.41, 5.74) is 2.91. The Morgan fingerprint density at radius 1 is 0.960 bits per heavy atom. The summed E-state index contributed by atoms with van der Waals surface area (Å²) in [6.45, 7) is 8.37. The average Bonchev–Trinajstić information content (AvgIpc) is 2.55. The molecule has 1 unspecified atom stereocenters. The highest BCUT2D eigenvalue weighted by Crippen LogP contribution is 2.22. The van der Waals surface area contributed by atoms with Gasteiger partial charge < -0.3 is 4.74 Å². The maximum absolute atomic E-state index is 12.2. The zero-order valence-corrected chi connectivity index (χ0v) is 15.5. The summed E-state index contributed by atoms with van der Waals surface area (Å²) in [4.78, 5) is 16.7. The minimum atomic E-state index is -0.291. The number of hydrogen-bond donors (Lipinski definition) is 0.